The lowest BCUT2D eigenvalue weighted by molar-refractivity contribution is 0.112. The minimum atomic E-state index is 0.154. The molecule has 0 radical (unpaired) electrons. The molecule has 16 heavy (non-hydrogen) atoms. The van der Waals surface area contributed by atoms with Crippen molar-refractivity contribution in [1.29, 1.82) is 0 Å². The maximum atomic E-state index is 10.6. The second-order valence-electron chi connectivity index (χ2n) is 3.75. The molecule has 0 amide bonds. The average molecular weight is 222 g/mol. The van der Waals surface area contributed by atoms with Crippen molar-refractivity contribution in [1.82, 2.24) is 0 Å². The van der Waals surface area contributed by atoms with Gasteiger partial charge in [0.2, 0.25) is 0 Å². The van der Waals surface area contributed by atoms with Crippen LogP contribution in [-0.4, -0.2) is 19.5 Å². The third-order valence-corrected chi connectivity index (χ3v) is 2.35. The summed E-state index contributed by atoms with van der Waals surface area (Å²) in [6, 6.07) is 5.18. The van der Waals surface area contributed by atoms with E-state index in [9.17, 15) is 4.79 Å². The molecule has 1 rings (SSSR count). The lowest BCUT2D eigenvalue weighted by Crippen LogP contribution is -2.11. The van der Waals surface area contributed by atoms with E-state index in [1.165, 1.54) is 0 Å². The highest BCUT2D eigenvalue weighted by Gasteiger charge is 2.09. The molecule has 1 unspecified atom stereocenters. The first-order valence-electron chi connectivity index (χ1n) is 5.51. The highest BCUT2D eigenvalue weighted by molar-refractivity contribution is 5.76. The highest BCUT2D eigenvalue weighted by atomic mass is 16.5. The number of hydrogen-bond acceptors (Lipinski definition) is 3. The molecule has 0 fully saturated rings. The molecule has 1 atom stereocenters. The Bertz CT molecular complexity index is 347. The quantitative estimate of drug-likeness (QED) is 0.694. The molecular formula is C13H18O3. The van der Waals surface area contributed by atoms with Crippen molar-refractivity contribution in [2.75, 3.05) is 7.11 Å². The number of benzene rings is 1. The van der Waals surface area contributed by atoms with E-state index in [0.717, 1.165) is 19.1 Å². The number of ether oxygens (including phenoxy) is 2. The molecule has 1 aromatic rings. The Labute approximate surface area is 96.4 Å². The van der Waals surface area contributed by atoms with Crippen LogP contribution in [0.1, 0.15) is 37.0 Å². The SMILES string of the molecule is CCCC(C)Oc1ccc(C=O)cc1OC. The first-order valence-corrected chi connectivity index (χ1v) is 5.51. The van der Waals surface area contributed by atoms with E-state index in [4.69, 9.17) is 9.47 Å². The van der Waals surface area contributed by atoms with Crippen molar-refractivity contribution in [3.8, 4) is 11.5 Å². The van der Waals surface area contributed by atoms with Gasteiger partial charge in [-0.2, -0.15) is 0 Å². The van der Waals surface area contributed by atoms with Gasteiger partial charge in [0.25, 0.3) is 0 Å². The minimum absolute atomic E-state index is 0.154. The molecule has 0 aliphatic carbocycles. The van der Waals surface area contributed by atoms with Gasteiger partial charge in [0.1, 0.15) is 6.29 Å². The number of aldehydes is 1. The van der Waals surface area contributed by atoms with Crippen molar-refractivity contribution in [2.24, 2.45) is 0 Å². The van der Waals surface area contributed by atoms with E-state index in [1.54, 1.807) is 25.3 Å². The third kappa shape index (κ3) is 3.26. The van der Waals surface area contributed by atoms with Crippen LogP contribution in [0.4, 0.5) is 0 Å². The topological polar surface area (TPSA) is 35.5 Å². The fourth-order valence-electron chi connectivity index (χ4n) is 1.54. The third-order valence-electron chi connectivity index (χ3n) is 2.35. The van der Waals surface area contributed by atoms with E-state index in [0.29, 0.717) is 17.1 Å². The first-order chi connectivity index (χ1) is 7.71. The van der Waals surface area contributed by atoms with Crippen LogP contribution in [0.25, 0.3) is 0 Å². The second kappa shape index (κ2) is 6.16. The van der Waals surface area contributed by atoms with Crippen molar-refractivity contribution in [3.63, 3.8) is 0 Å². The van der Waals surface area contributed by atoms with Crippen LogP contribution in [0.3, 0.4) is 0 Å². The number of carbonyl (C=O) groups excluding carboxylic acids is 1. The van der Waals surface area contributed by atoms with Crippen molar-refractivity contribution < 1.29 is 14.3 Å². The van der Waals surface area contributed by atoms with Crippen LogP contribution in [0.15, 0.2) is 18.2 Å². The molecule has 0 bridgehead atoms. The Kier molecular flexibility index (Phi) is 4.83. The highest BCUT2D eigenvalue weighted by Crippen LogP contribution is 2.28. The Morgan fingerprint density at radius 1 is 1.38 bits per heavy atom. The lowest BCUT2D eigenvalue weighted by atomic mass is 10.2. The molecule has 0 saturated heterocycles. The molecule has 0 aromatic heterocycles. The molecule has 0 spiro atoms. The maximum Gasteiger partial charge on any atom is 0.161 e. The summed E-state index contributed by atoms with van der Waals surface area (Å²) < 4.78 is 10.9. The maximum absolute atomic E-state index is 10.6. The summed E-state index contributed by atoms with van der Waals surface area (Å²) in [7, 11) is 1.57. The van der Waals surface area contributed by atoms with Gasteiger partial charge in [-0.25, -0.2) is 0 Å². The first kappa shape index (κ1) is 12.6. The van der Waals surface area contributed by atoms with Gasteiger partial charge >= 0.3 is 0 Å². The summed E-state index contributed by atoms with van der Waals surface area (Å²) in [5.74, 6) is 1.29. The lowest BCUT2D eigenvalue weighted by Gasteiger charge is -2.16. The predicted octanol–water partition coefficient (Wildman–Crippen LogP) is 3.08. The summed E-state index contributed by atoms with van der Waals surface area (Å²) in [6.07, 6.45) is 3.02. The molecule has 3 heteroatoms. The Morgan fingerprint density at radius 3 is 2.69 bits per heavy atom. The van der Waals surface area contributed by atoms with Gasteiger partial charge in [-0.05, 0) is 31.5 Å². The summed E-state index contributed by atoms with van der Waals surface area (Å²) in [6.45, 7) is 4.14. The van der Waals surface area contributed by atoms with Gasteiger partial charge in [-0.15, -0.1) is 0 Å². The monoisotopic (exact) mass is 222 g/mol. The molecule has 3 nitrogen and oxygen atoms in total. The number of rotatable bonds is 6. The molecule has 0 saturated carbocycles. The zero-order chi connectivity index (χ0) is 12.0. The summed E-state index contributed by atoms with van der Waals surface area (Å²) in [5.41, 5.74) is 0.590. The molecule has 0 aliphatic heterocycles. The Balaban J connectivity index is 2.82. The van der Waals surface area contributed by atoms with Gasteiger partial charge in [0.15, 0.2) is 11.5 Å². The fraction of sp³-hybridized carbons (Fsp3) is 0.462. The molecule has 0 heterocycles. The van der Waals surface area contributed by atoms with E-state index in [2.05, 4.69) is 6.92 Å². The normalized spacial score (nSPS) is 11.9. The molecule has 0 N–H and O–H groups in total. The zero-order valence-corrected chi connectivity index (χ0v) is 10.0. The van der Waals surface area contributed by atoms with Gasteiger partial charge < -0.3 is 9.47 Å². The van der Waals surface area contributed by atoms with Crippen LogP contribution < -0.4 is 9.47 Å². The van der Waals surface area contributed by atoms with Crippen molar-refractivity contribution >= 4 is 6.29 Å². The van der Waals surface area contributed by atoms with E-state index < -0.39 is 0 Å². The van der Waals surface area contributed by atoms with Gasteiger partial charge in [0, 0.05) is 5.56 Å². The smallest absolute Gasteiger partial charge is 0.161 e. The van der Waals surface area contributed by atoms with Crippen LogP contribution >= 0.6 is 0 Å². The standard InChI is InChI=1S/C13H18O3/c1-4-5-10(2)16-12-7-6-11(9-14)8-13(12)15-3/h6-10H,4-5H2,1-3H3. The zero-order valence-electron chi connectivity index (χ0n) is 10.0. The van der Waals surface area contributed by atoms with Crippen LogP contribution in [0.2, 0.25) is 0 Å². The summed E-state index contributed by atoms with van der Waals surface area (Å²) >= 11 is 0. The Hall–Kier alpha value is -1.51. The van der Waals surface area contributed by atoms with E-state index in [1.807, 2.05) is 6.92 Å². The van der Waals surface area contributed by atoms with Gasteiger partial charge in [-0.1, -0.05) is 13.3 Å². The molecule has 88 valence electrons. The summed E-state index contributed by atoms with van der Waals surface area (Å²) in [4.78, 5) is 10.6. The minimum Gasteiger partial charge on any atom is -0.493 e. The average Bonchev–Trinajstić information content (AvgIpc) is 2.30. The number of carbonyl (C=O) groups is 1. The Morgan fingerprint density at radius 2 is 2.12 bits per heavy atom. The predicted molar refractivity (Wildman–Crippen MR) is 63.4 cm³/mol. The van der Waals surface area contributed by atoms with Gasteiger partial charge in [0.05, 0.1) is 13.2 Å². The fourth-order valence-corrected chi connectivity index (χ4v) is 1.54. The van der Waals surface area contributed by atoms with Crippen molar-refractivity contribution in [2.45, 2.75) is 32.8 Å². The van der Waals surface area contributed by atoms with Crippen LogP contribution in [-0.2, 0) is 0 Å². The molecular weight excluding hydrogens is 204 g/mol. The largest absolute Gasteiger partial charge is 0.493 e. The number of hydrogen-bond donors (Lipinski definition) is 0. The van der Waals surface area contributed by atoms with E-state index in [-0.39, 0.29) is 6.10 Å². The number of methoxy groups -OCH3 is 1. The molecule has 1 aromatic carbocycles. The second-order valence-corrected chi connectivity index (χ2v) is 3.75. The van der Waals surface area contributed by atoms with Crippen LogP contribution in [0.5, 0.6) is 11.5 Å². The van der Waals surface area contributed by atoms with E-state index >= 15 is 0 Å². The summed E-state index contributed by atoms with van der Waals surface area (Å²) in [5, 5.41) is 0. The molecule has 0 aliphatic rings. The van der Waals surface area contributed by atoms with Crippen LogP contribution in [0, 0.1) is 0 Å². The van der Waals surface area contributed by atoms with Gasteiger partial charge in [-0.3, -0.25) is 4.79 Å². The van der Waals surface area contributed by atoms with Crippen molar-refractivity contribution in [3.05, 3.63) is 23.8 Å².